The third-order valence-electron chi connectivity index (χ3n) is 4.29. The van der Waals surface area contributed by atoms with Gasteiger partial charge in [0.05, 0.1) is 0 Å². The Balaban J connectivity index is 1.96. The molecule has 1 saturated heterocycles. The number of hydrogen-bond acceptors (Lipinski definition) is 2. The lowest BCUT2D eigenvalue weighted by atomic mass is 9.94. The minimum absolute atomic E-state index is 0.0630. The van der Waals surface area contributed by atoms with Crippen LogP contribution in [0.4, 0.5) is 0 Å². The lowest BCUT2D eigenvalue weighted by molar-refractivity contribution is -0.136. The summed E-state index contributed by atoms with van der Waals surface area (Å²) < 4.78 is 0. The fourth-order valence-corrected chi connectivity index (χ4v) is 3.62. The molecule has 22 heavy (non-hydrogen) atoms. The number of nitrogens with one attached hydrogen (secondary N) is 1. The molecule has 5 heteroatoms. The predicted molar refractivity (Wildman–Crippen MR) is 92.6 cm³/mol. The Hall–Kier alpha value is -0.770. The van der Waals surface area contributed by atoms with Gasteiger partial charge in [-0.25, -0.2) is 0 Å². The summed E-state index contributed by atoms with van der Waals surface area (Å²) in [5, 5.41) is 4.47. The topological polar surface area (TPSA) is 32.3 Å². The highest BCUT2D eigenvalue weighted by atomic mass is 35.5. The second kappa shape index (κ2) is 8.19. The minimum Gasteiger partial charge on any atom is -0.342 e. The summed E-state index contributed by atoms with van der Waals surface area (Å²) in [5.41, 5.74) is 0.982. The van der Waals surface area contributed by atoms with E-state index in [1.54, 1.807) is 6.07 Å². The van der Waals surface area contributed by atoms with E-state index in [9.17, 15) is 4.79 Å². The van der Waals surface area contributed by atoms with Gasteiger partial charge in [-0.2, -0.15) is 0 Å². The molecule has 1 amide bonds. The van der Waals surface area contributed by atoms with E-state index >= 15 is 0 Å². The highest BCUT2D eigenvalue weighted by Crippen LogP contribution is 2.25. The van der Waals surface area contributed by atoms with Crippen LogP contribution in [-0.4, -0.2) is 37.5 Å². The molecule has 1 aromatic carbocycles. The first-order valence-electron chi connectivity index (χ1n) is 7.88. The minimum atomic E-state index is -0.0630. The molecule has 3 nitrogen and oxygen atoms in total. The molecule has 2 rings (SSSR count). The Kier molecular flexibility index (Phi) is 6.54. The van der Waals surface area contributed by atoms with Gasteiger partial charge in [0.1, 0.15) is 0 Å². The molecule has 1 aliphatic rings. The SMILES string of the molecule is CNCC1CCCN(C(=O)C(C)Cc2ccc(Cl)cc2Cl)C1. The number of carbonyl (C=O) groups excluding carboxylic acids is 1. The molecule has 0 spiro atoms. The van der Waals surface area contributed by atoms with Crippen molar-refractivity contribution in [2.45, 2.75) is 26.2 Å². The molecule has 0 aromatic heterocycles. The summed E-state index contributed by atoms with van der Waals surface area (Å²) in [6.07, 6.45) is 2.94. The number of halogens is 2. The average molecular weight is 343 g/mol. The average Bonchev–Trinajstić information content (AvgIpc) is 2.50. The Labute approximate surface area is 143 Å². The van der Waals surface area contributed by atoms with Crippen LogP contribution in [0.3, 0.4) is 0 Å². The number of likely N-dealkylation sites (tertiary alicyclic amines) is 1. The second-order valence-corrected chi connectivity index (χ2v) is 7.03. The van der Waals surface area contributed by atoms with E-state index in [0.717, 1.165) is 31.6 Å². The summed E-state index contributed by atoms with van der Waals surface area (Å²) in [6, 6.07) is 5.47. The lowest BCUT2D eigenvalue weighted by Crippen LogP contribution is -2.44. The number of nitrogens with zero attached hydrogens (tertiary/aromatic N) is 1. The second-order valence-electron chi connectivity index (χ2n) is 6.19. The first-order chi connectivity index (χ1) is 10.5. The van der Waals surface area contributed by atoms with Crippen molar-refractivity contribution in [1.29, 1.82) is 0 Å². The van der Waals surface area contributed by atoms with Crippen LogP contribution >= 0.6 is 23.2 Å². The smallest absolute Gasteiger partial charge is 0.225 e. The van der Waals surface area contributed by atoms with Gasteiger partial charge >= 0.3 is 0 Å². The van der Waals surface area contributed by atoms with E-state index in [-0.39, 0.29) is 11.8 Å². The summed E-state index contributed by atoms with van der Waals surface area (Å²) >= 11 is 12.1. The van der Waals surface area contributed by atoms with Gasteiger partial charge in [-0.05, 0) is 56.5 Å². The Morgan fingerprint density at radius 2 is 2.23 bits per heavy atom. The van der Waals surface area contributed by atoms with Crippen LogP contribution in [0.5, 0.6) is 0 Å². The van der Waals surface area contributed by atoms with Crippen LogP contribution < -0.4 is 5.32 Å². The fourth-order valence-electron chi connectivity index (χ4n) is 3.14. The Bertz CT molecular complexity index is 519. The van der Waals surface area contributed by atoms with Crippen LogP contribution in [-0.2, 0) is 11.2 Å². The first-order valence-corrected chi connectivity index (χ1v) is 8.64. The molecule has 0 bridgehead atoms. The van der Waals surface area contributed by atoms with E-state index in [1.165, 1.54) is 6.42 Å². The molecule has 1 heterocycles. The monoisotopic (exact) mass is 342 g/mol. The number of benzene rings is 1. The van der Waals surface area contributed by atoms with Crippen LogP contribution in [0.25, 0.3) is 0 Å². The van der Waals surface area contributed by atoms with E-state index in [1.807, 2.05) is 31.0 Å². The van der Waals surface area contributed by atoms with Crippen LogP contribution in [0, 0.1) is 11.8 Å². The highest BCUT2D eigenvalue weighted by molar-refractivity contribution is 6.35. The number of carbonyl (C=O) groups is 1. The Morgan fingerprint density at radius 1 is 1.45 bits per heavy atom. The summed E-state index contributed by atoms with van der Waals surface area (Å²) in [5.74, 6) is 0.729. The van der Waals surface area contributed by atoms with E-state index < -0.39 is 0 Å². The molecular weight excluding hydrogens is 319 g/mol. The largest absolute Gasteiger partial charge is 0.342 e. The van der Waals surface area contributed by atoms with Crippen molar-refractivity contribution >= 4 is 29.1 Å². The summed E-state index contributed by atoms with van der Waals surface area (Å²) in [4.78, 5) is 14.7. The standard InChI is InChI=1S/C17H24Cl2N2O/c1-12(8-14-5-6-15(18)9-16(14)19)17(22)21-7-3-4-13(11-21)10-20-2/h5-6,9,12-13,20H,3-4,7-8,10-11H2,1-2H3. The molecule has 0 aliphatic carbocycles. The van der Waals surface area contributed by atoms with Gasteiger partial charge in [0, 0.05) is 29.1 Å². The number of amides is 1. The van der Waals surface area contributed by atoms with Gasteiger partial charge < -0.3 is 10.2 Å². The zero-order chi connectivity index (χ0) is 16.1. The highest BCUT2D eigenvalue weighted by Gasteiger charge is 2.26. The zero-order valence-corrected chi connectivity index (χ0v) is 14.8. The number of hydrogen-bond donors (Lipinski definition) is 1. The summed E-state index contributed by atoms with van der Waals surface area (Å²) in [7, 11) is 1.96. The van der Waals surface area contributed by atoms with Gasteiger partial charge in [0.2, 0.25) is 5.91 Å². The molecule has 0 saturated carbocycles. The van der Waals surface area contributed by atoms with E-state index in [2.05, 4.69) is 5.32 Å². The normalized spacial score (nSPS) is 20.0. The molecule has 2 atom stereocenters. The van der Waals surface area contributed by atoms with Gasteiger partial charge in [-0.3, -0.25) is 4.79 Å². The quantitative estimate of drug-likeness (QED) is 0.885. The maximum Gasteiger partial charge on any atom is 0.225 e. The van der Waals surface area contributed by atoms with Gasteiger partial charge in [0.15, 0.2) is 0 Å². The number of piperidine rings is 1. The molecule has 1 N–H and O–H groups in total. The van der Waals surface area contributed by atoms with Crippen LogP contribution in [0.15, 0.2) is 18.2 Å². The van der Waals surface area contributed by atoms with E-state index in [4.69, 9.17) is 23.2 Å². The van der Waals surface area contributed by atoms with Crippen molar-refractivity contribution in [3.63, 3.8) is 0 Å². The molecule has 1 fully saturated rings. The Morgan fingerprint density at radius 3 is 2.91 bits per heavy atom. The van der Waals surface area contributed by atoms with Crippen molar-refractivity contribution in [2.24, 2.45) is 11.8 Å². The van der Waals surface area contributed by atoms with Crippen molar-refractivity contribution in [3.05, 3.63) is 33.8 Å². The molecule has 1 aliphatic heterocycles. The molecule has 0 radical (unpaired) electrons. The first kappa shape index (κ1) is 17.6. The van der Waals surface area contributed by atoms with Gasteiger partial charge in [0.25, 0.3) is 0 Å². The van der Waals surface area contributed by atoms with Crippen molar-refractivity contribution in [2.75, 3.05) is 26.7 Å². The maximum atomic E-state index is 12.7. The van der Waals surface area contributed by atoms with Gasteiger partial charge in [-0.1, -0.05) is 36.2 Å². The molecule has 2 unspecified atom stereocenters. The van der Waals surface area contributed by atoms with Crippen LogP contribution in [0.1, 0.15) is 25.3 Å². The molecular formula is C17H24Cl2N2O. The van der Waals surface area contributed by atoms with Gasteiger partial charge in [-0.15, -0.1) is 0 Å². The lowest BCUT2D eigenvalue weighted by Gasteiger charge is -2.34. The third kappa shape index (κ3) is 4.61. The predicted octanol–water partition coefficient (Wildman–Crippen LogP) is 3.63. The molecule has 1 aromatic rings. The number of rotatable bonds is 5. The van der Waals surface area contributed by atoms with Crippen molar-refractivity contribution in [3.8, 4) is 0 Å². The molecule has 122 valence electrons. The van der Waals surface area contributed by atoms with Crippen LogP contribution in [0.2, 0.25) is 10.0 Å². The summed E-state index contributed by atoms with van der Waals surface area (Å²) in [6.45, 7) is 4.69. The van der Waals surface area contributed by atoms with Crippen molar-refractivity contribution < 1.29 is 4.79 Å². The van der Waals surface area contributed by atoms with E-state index in [0.29, 0.717) is 22.4 Å². The maximum absolute atomic E-state index is 12.7. The fraction of sp³-hybridized carbons (Fsp3) is 0.588. The zero-order valence-electron chi connectivity index (χ0n) is 13.2. The third-order valence-corrected chi connectivity index (χ3v) is 4.87. The van der Waals surface area contributed by atoms with Crippen molar-refractivity contribution in [1.82, 2.24) is 10.2 Å².